The summed E-state index contributed by atoms with van der Waals surface area (Å²) in [5.41, 5.74) is -0.584. The first-order valence-electron chi connectivity index (χ1n) is 7.66. The molecule has 0 aromatic carbocycles. The largest absolute Gasteiger partial charge is 0.465 e. The summed E-state index contributed by atoms with van der Waals surface area (Å²) in [6, 6.07) is 0. The minimum atomic E-state index is -0.584. The zero-order valence-corrected chi connectivity index (χ0v) is 12.6. The van der Waals surface area contributed by atoms with E-state index in [1.165, 1.54) is 25.7 Å². The van der Waals surface area contributed by atoms with Crippen LogP contribution in [-0.4, -0.2) is 49.7 Å². The van der Waals surface area contributed by atoms with E-state index in [2.05, 4.69) is 10.2 Å². The SMILES string of the molecule is CCOC(=O)C(C)(CN(CC1CC1)CC1CC1)NC. The van der Waals surface area contributed by atoms with Crippen molar-refractivity contribution in [3.05, 3.63) is 0 Å². The van der Waals surface area contributed by atoms with Crippen LogP contribution in [-0.2, 0) is 9.53 Å². The van der Waals surface area contributed by atoms with Gasteiger partial charge in [-0.3, -0.25) is 4.79 Å². The van der Waals surface area contributed by atoms with Crippen LogP contribution in [0.15, 0.2) is 0 Å². The Hall–Kier alpha value is -0.610. The highest BCUT2D eigenvalue weighted by Gasteiger charge is 2.38. The number of nitrogens with zero attached hydrogens (tertiary/aromatic N) is 1. The van der Waals surface area contributed by atoms with Crippen LogP contribution in [0.5, 0.6) is 0 Å². The summed E-state index contributed by atoms with van der Waals surface area (Å²) in [4.78, 5) is 14.6. The Kier molecular flexibility index (Phi) is 4.85. The van der Waals surface area contributed by atoms with Crippen molar-refractivity contribution in [3.63, 3.8) is 0 Å². The number of ether oxygens (including phenoxy) is 1. The van der Waals surface area contributed by atoms with Crippen LogP contribution in [0.1, 0.15) is 39.5 Å². The van der Waals surface area contributed by atoms with Crippen LogP contribution in [0.4, 0.5) is 0 Å². The average molecular weight is 268 g/mol. The van der Waals surface area contributed by atoms with Gasteiger partial charge in [-0.25, -0.2) is 0 Å². The van der Waals surface area contributed by atoms with E-state index in [4.69, 9.17) is 4.74 Å². The monoisotopic (exact) mass is 268 g/mol. The molecule has 2 aliphatic rings. The van der Waals surface area contributed by atoms with Gasteiger partial charge in [-0.05, 0) is 58.4 Å². The second kappa shape index (κ2) is 6.23. The molecule has 4 nitrogen and oxygen atoms in total. The smallest absolute Gasteiger partial charge is 0.327 e. The number of rotatable bonds is 9. The van der Waals surface area contributed by atoms with Crippen molar-refractivity contribution in [2.45, 2.75) is 45.1 Å². The zero-order valence-electron chi connectivity index (χ0n) is 12.6. The highest BCUT2D eigenvalue weighted by atomic mass is 16.5. The molecule has 0 spiro atoms. The number of hydrogen-bond donors (Lipinski definition) is 1. The van der Waals surface area contributed by atoms with E-state index in [9.17, 15) is 4.79 Å². The van der Waals surface area contributed by atoms with Crippen LogP contribution in [0.25, 0.3) is 0 Å². The topological polar surface area (TPSA) is 41.6 Å². The Morgan fingerprint density at radius 3 is 2.16 bits per heavy atom. The van der Waals surface area contributed by atoms with Crippen LogP contribution in [0.2, 0.25) is 0 Å². The van der Waals surface area contributed by atoms with Crippen molar-refractivity contribution >= 4 is 5.97 Å². The Balaban J connectivity index is 1.92. The summed E-state index contributed by atoms with van der Waals surface area (Å²) in [6.07, 6.45) is 5.43. The van der Waals surface area contributed by atoms with Gasteiger partial charge < -0.3 is 15.0 Å². The molecular formula is C15H28N2O2. The van der Waals surface area contributed by atoms with Crippen LogP contribution >= 0.6 is 0 Å². The molecule has 0 bridgehead atoms. The van der Waals surface area contributed by atoms with Gasteiger partial charge in [0.2, 0.25) is 0 Å². The number of esters is 1. The number of hydrogen-bond acceptors (Lipinski definition) is 4. The van der Waals surface area contributed by atoms with Gasteiger partial charge in [0, 0.05) is 19.6 Å². The minimum Gasteiger partial charge on any atom is -0.465 e. The molecule has 2 fully saturated rings. The first kappa shape index (κ1) is 14.8. The van der Waals surface area contributed by atoms with Gasteiger partial charge in [0.1, 0.15) is 5.54 Å². The molecule has 110 valence electrons. The third kappa shape index (κ3) is 4.46. The van der Waals surface area contributed by atoms with Crippen molar-refractivity contribution in [3.8, 4) is 0 Å². The van der Waals surface area contributed by atoms with E-state index >= 15 is 0 Å². The molecule has 1 unspecified atom stereocenters. The van der Waals surface area contributed by atoms with E-state index < -0.39 is 5.54 Å². The number of carbonyl (C=O) groups is 1. The molecular weight excluding hydrogens is 240 g/mol. The van der Waals surface area contributed by atoms with Crippen molar-refractivity contribution in [1.82, 2.24) is 10.2 Å². The lowest BCUT2D eigenvalue weighted by Crippen LogP contribution is -2.56. The summed E-state index contributed by atoms with van der Waals surface area (Å²) < 4.78 is 5.21. The zero-order chi connectivity index (χ0) is 13.9. The Morgan fingerprint density at radius 2 is 1.79 bits per heavy atom. The molecule has 2 rings (SSSR count). The highest BCUT2D eigenvalue weighted by Crippen LogP contribution is 2.34. The van der Waals surface area contributed by atoms with Gasteiger partial charge in [0.05, 0.1) is 6.61 Å². The highest BCUT2D eigenvalue weighted by molar-refractivity contribution is 5.80. The van der Waals surface area contributed by atoms with Gasteiger partial charge in [-0.1, -0.05) is 0 Å². The van der Waals surface area contributed by atoms with Crippen molar-refractivity contribution < 1.29 is 9.53 Å². The van der Waals surface area contributed by atoms with Crippen LogP contribution < -0.4 is 5.32 Å². The Bertz CT molecular complexity index is 299. The first-order valence-corrected chi connectivity index (χ1v) is 7.66. The van der Waals surface area contributed by atoms with Gasteiger partial charge in [0.25, 0.3) is 0 Å². The van der Waals surface area contributed by atoms with E-state index in [-0.39, 0.29) is 5.97 Å². The molecule has 0 aliphatic heterocycles. The predicted molar refractivity (Wildman–Crippen MR) is 76.0 cm³/mol. The minimum absolute atomic E-state index is 0.130. The molecule has 1 N–H and O–H groups in total. The van der Waals surface area contributed by atoms with E-state index in [1.807, 2.05) is 20.9 Å². The number of likely N-dealkylation sites (N-methyl/N-ethyl adjacent to an activating group) is 1. The predicted octanol–water partition coefficient (Wildman–Crippen LogP) is 1.65. The molecule has 1 atom stereocenters. The second-order valence-electron chi connectivity index (χ2n) is 6.38. The normalized spacial score (nSPS) is 22.3. The fourth-order valence-corrected chi connectivity index (χ4v) is 2.52. The summed E-state index contributed by atoms with van der Waals surface area (Å²) in [5.74, 6) is 1.60. The third-order valence-corrected chi connectivity index (χ3v) is 4.24. The summed E-state index contributed by atoms with van der Waals surface area (Å²) in [7, 11) is 1.85. The molecule has 0 radical (unpaired) electrons. The Morgan fingerprint density at radius 1 is 1.26 bits per heavy atom. The standard InChI is InChI=1S/C15H28N2O2/c1-4-19-14(18)15(2,16-3)11-17(9-12-5-6-12)10-13-7-8-13/h12-13,16H,4-11H2,1-3H3. The summed E-state index contributed by atoms with van der Waals surface area (Å²) in [5, 5.41) is 3.16. The van der Waals surface area contributed by atoms with Crippen LogP contribution in [0, 0.1) is 11.8 Å². The molecule has 2 saturated carbocycles. The molecule has 19 heavy (non-hydrogen) atoms. The van der Waals surface area contributed by atoms with Gasteiger partial charge in [0.15, 0.2) is 0 Å². The van der Waals surface area contributed by atoms with Gasteiger partial charge >= 0.3 is 5.97 Å². The molecule has 0 amide bonds. The van der Waals surface area contributed by atoms with Crippen molar-refractivity contribution in [2.75, 3.05) is 33.3 Å². The van der Waals surface area contributed by atoms with Crippen molar-refractivity contribution in [2.24, 2.45) is 11.8 Å². The van der Waals surface area contributed by atoms with Gasteiger partial charge in [-0.2, -0.15) is 0 Å². The van der Waals surface area contributed by atoms with E-state index in [0.29, 0.717) is 6.61 Å². The molecule has 0 heterocycles. The molecule has 4 heteroatoms. The van der Waals surface area contributed by atoms with Crippen molar-refractivity contribution in [1.29, 1.82) is 0 Å². The van der Waals surface area contributed by atoms with E-state index in [1.54, 1.807) is 0 Å². The van der Waals surface area contributed by atoms with Crippen LogP contribution in [0.3, 0.4) is 0 Å². The quantitative estimate of drug-likeness (QED) is 0.646. The summed E-state index contributed by atoms with van der Waals surface area (Å²) in [6.45, 7) is 7.31. The maximum absolute atomic E-state index is 12.1. The van der Waals surface area contributed by atoms with Gasteiger partial charge in [-0.15, -0.1) is 0 Å². The maximum atomic E-state index is 12.1. The lowest BCUT2D eigenvalue weighted by Gasteiger charge is -2.33. The van der Waals surface area contributed by atoms with E-state index in [0.717, 1.165) is 31.5 Å². The molecule has 0 saturated heterocycles. The lowest BCUT2D eigenvalue weighted by molar-refractivity contribution is -0.151. The maximum Gasteiger partial charge on any atom is 0.327 e. The summed E-state index contributed by atoms with van der Waals surface area (Å²) >= 11 is 0. The molecule has 2 aliphatic carbocycles. The molecule has 0 aromatic rings. The average Bonchev–Trinajstić information content (AvgIpc) is 3.25. The number of carbonyl (C=O) groups excluding carboxylic acids is 1. The second-order valence-corrected chi connectivity index (χ2v) is 6.38. The fraction of sp³-hybridized carbons (Fsp3) is 0.933. The first-order chi connectivity index (χ1) is 9.07. The number of nitrogens with one attached hydrogen (secondary N) is 1. The molecule has 0 aromatic heterocycles. The Labute approximate surface area is 116 Å². The third-order valence-electron chi connectivity index (χ3n) is 4.24. The fourth-order valence-electron chi connectivity index (χ4n) is 2.52. The lowest BCUT2D eigenvalue weighted by atomic mass is 10.0.